The molecule has 2 rings (SSSR count). The fourth-order valence-electron chi connectivity index (χ4n) is 2.29. The zero-order valence-corrected chi connectivity index (χ0v) is 16.3. The van der Waals surface area contributed by atoms with Crippen molar-refractivity contribution in [3.63, 3.8) is 0 Å². The molecule has 0 saturated heterocycles. The van der Waals surface area contributed by atoms with E-state index in [0.717, 1.165) is 15.6 Å². The second-order valence-electron chi connectivity index (χ2n) is 5.59. The van der Waals surface area contributed by atoms with E-state index in [9.17, 15) is 4.79 Å². The molecule has 2 aromatic carbocycles. The van der Waals surface area contributed by atoms with Gasteiger partial charge in [-0.15, -0.1) is 0 Å². The number of benzene rings is 2. The van der Waals surface area contributed by atoms with Gasteiger partial charge in [0.05, 0.1) is 18.7 Å². The maximum absolute atomic E-state index is 12.3. The van der Waals surface area contributed by atoms with Crippen LogP contribution in [0.2, 0.25) is 0 Å². The van der Waals surface area contributed by atoms with Crippen LogP contribution in [-0.2, 0) is 11.3 Å². The van der Waals surface area contributed by atoms with Gasteiger partial charge in [0.15, 0.2) is 6.10 Å². The summed E-state index contributed by atoms with van der Waals surface area (Å²) in [5.74, 6) is 1.82. The molecule has 134 valence electrons. The fraction of sp³-hybridized carbons (Fsp3) is 0.316. The summed E-state index contributed by atoms with van der Waals surface area (Å²) in [6, 6.07) is 11.2. The molecule has 0 saturated carbocycles. The van der Waals surface area contributed by atoms with E-state index in [1.54, 1.807) is 21.1 Å². The summed E-state index contributed by atoms with van der Waals surface area (Å²) < 4.78 is 17.1. The number of hydrogen-bond acceptors (Lipinski definition) is 4. The van der Waals surface area contributed by atoms with Gasteiger partial charge in [-0.2, -0.15) is 0 Å². The number of amides is 1. The zero-order valence-electron chi connectivity index (χ0n) is 14.8. The van der Waals surface area contributed by atoms with E-state index in [2.05, 4.69) is 21.2 Å². The number of ether oxygens (including phenoxy) is 3. The average molecular weight is 408 g/mol. The Hall–Kier alpha value is -2.21. The Morgan fingerprint density at radius 3 is 2.48 bits per heavy atom. The lowest BCUT2D eigenvalue weighted by Gasteiger charge is -2.17. The molecule has 5 nitrogen and oxygen atoms in total. The Morgan fingerprint density at radius 1 is 1.12 bits per heavy atom. The molecule has 2 aromatic rings. The van der Waals surface area contributed by atoms with Crippen LogP contribution in [0.1, 0.15) is 18.1 Å². The first kappa shape index (κ1) is 19.1. The number of halogens is 1. The van der Waals surface area contributed by atoms with Crippen molar-refractivity contribution < 1.29 is 19.0 Å². The van der Waals surface area contributed by atoms with E-state index in [1.165, 1.54) is 0 Å². The molecule has 0 unspecified atom stereocenters. The molecule has 1 amide bonds. The highest BCUT2D eigenvalue weighted by Crippen LogP contribution is 2.27. The summed E-state index contributed by atoms with van der Waals surface area (Å²) in [6.45, 7) is 4.03. The second kappa shape index (κ2) is 8.76. The summed E-state index contributed by atoms with van der Waals surface area (Å²) in [5.41, 5.74) is 1.94. The molecular weight excluding hydrogens is 386 g/mol. The molecule has 1 atom stereocenters. The highest BCUT2D eigenvalue weighted by molar-refractivity contribution is 9.10. The van der Waals surface area contributed by atoms with Gasteiger partial charge in [-0.3, -0.25) is 4.79 Å². The predicted molar refractivity (Wildman–Crippen MR) is 100 cm³/mol. The van der Waals surface area contributed by atoms with Crippen molar-refractivity contribution in [3.8, 4) is 17.2 Å². The lowest BCUT2D eigenvalue weighted by molar-refractivity contribution is -0.127. The topological polar surface area (TPSA) is 56.8 Å². The maximum atomic E-state index is 12.3. The second-order valence-corrected chi connectivity index (χ2v) is 6.44. The SMILES string of the molecule is COc1ccc(OC)c(CNC(=O)[C@@H](C)Oc2ccc(C)cc2Br)c1. The first-order valence-electron chi connectivity index (χ1n) is 7.86. The van der Waals surface area contributed by atoms with Gasteiger partial charge >= 0.3 is 0 Å². The lowest BCUT2D eigenvalue weighted by atomic mass is 10.2. The van der Waals surface area contributed by atoms with Crippen molar-refractivity contribution in [1.82, 2.24) is 5.32 Å². The van der Waals surface area contributed by atoms with Crippen LogP contribution < -0.4 is 19.5 Å². The summed E-state index contributed by atoms with van der Waals surface area (Å²) in [7, 11) is 3.19. The fourth-order valence-corrected chi connectivity index (χ4v) is 2.88. The highest BCUT2D eigenvalue weighted by Gasteiger charge is 2.16. The molecule has 0 bridgehead atoms. The molecule has 0 spiro atoms. The monoisotopic (exact) mass is 407 g/mol. The molecule has 0 aromatic heterocycles. The smallest absolute Gasteiger partial charge is 0.261 e. The quantitative estimate of drug-likeness (QED) is 0.756. The van der Waals surface area contributed by atoms with Crippen molar-refractivity contribution in [2.75, 3.05) is 14.2 Å². The summed E-state index contributed by atoms with van der Waals surface area (Å²) in [4.78, 5) is 12.3. The molecule has 25 heavy (non-hydrogen) atoms. The Kier molecular flexibility index (Phi) is 6.70. The number of methoxy groups -OCH3 is 2. The van der Waals surface area contributed by atoms with Gasteiger partial charge in [-0.1, -0.05) is 6.07 Å². The molecule has 0 heterocycles. The maximum Gasteiger partial charge on any atom is 0.261 e. The van der Waals surface area contributed by atoms with Gasteiger partial charge in [0, 0.05) is 12.1 Å². The van der Waals surface area contributed by atoms with Gasteiger partial charge < -0.3 is 19.5 Å². The first-order valence-corrected chi connectivity index (χ1v) is 8.65. The van der Waals surface area contributed by atoms with E-state index in [0.29, 0.717) is 23.8 Å². The molecule has 0 aliphatic heterocycles. The van der Waals surface area contributed by atoms with Gasteiger partial charge in [0.1, 0.15) is 17.2 Å². The van der Waals surface area contributed by atoms with E-state index in [1.807, 2.05) is 43.3 Å². The number of rotatable bonds is 7. The summed E-state index contributed by atoms with van der Waals surface area (Å²) >= 11 is 3.45. The zero-order chi connectivity index (χ0) is 18.4. The third kappa shape index (κ3) is 5.13. The van der Waals surface area contributed by atoms with Crippen LogP contribution in [0.15, 0.2) is 40.9 Å². The minimum atomic E-state index is -0.629. The van der Waals surface area contributed by atoms with Crippen molar-refractivity contribution in [1.29, 1.82) is 0 Å². The highest BCUT2D eigenvalue weighted by atomic mass is 79.9. The van der Waals surface area contributed by atoms with Crippen LogP contribution in [-0.4, -0.2) is 26.2 Å². The number of hydrogen-bond donors (Lipinski definition) is 1. The third-order valence-corrected chi connectivity index (χ3v) is 4.32. The molecule has 6 heteroatoms. The van der Waals surface area contributed by atoms with Crippen LogP contribution in [0.3, 0.4) is 0 Å². The van der Waals surface area contributed by atoms with Gasteiger partial charge in [0.25, 0.3) is 5.91 Å². The van der Waals surface area contributed by atoms with Crippen LogP contribution in [0, 0.1) is 6.92 Å². The Labute approximate surface area is 156 Å². The Balaban J connectivity index is 1.99. The molecule has 1 N–H and O–H groups in total. The standard InChI is InChI=1S/C19H22BrNO4/c1-12-5-7-18(16(20)9-12)25-13(2)19(22)21-11-14-10-15(23-3)6-8-17(14)24-4/h5-10,13H,11H2,1-4H3,(H,21,22)/t13-/m1/s1. The molecule has 0 radical (unpaired) electrons. The van der Waals surface area contributed by atoms with E-state index in [4.69, 9.17) is 14.2 Å². The van der Waals surface area contributed by atoms with Crippen molar-refractivity contribution in [3.05, 3.63) is 52.0 Å². The minimum Gasteiger partial charge on any atom is -0.497 e. The summed E-state index contributed by atoms with van der Waals surface area (Å²) in [6.07, 6.45) is -0.629. The van der Waals surface area contributed by atoms with Crippen molar-refractivity contribution in [2.45, 2.75) is 26.5 Å². The molecule has 0 aliphatic carbocycles. The molecular formula is C19H22BrNO4. The van der Waals surface area contributed by atoms with Crippen molar-refractivity contribution in [2.24, 2.45) is 0 Å². The number of nitrogens with one attached hydrogen (secondary N) is 1. The van der Waals surface area contributed by atoms with E-state index >= 15 is 0 Å². The van der Waals surface area contributed by atoms with E-state index in [-0.39, 0.29) is 5.91 Å². The molecule has 0 fully saturated rings. The van der Waals surface area contributed by atoms with Crippen LogP contribution in [0.5, 0.6) is 17.2 Å². The number of aryl methyl sites for hydroxylation is 1. The number of carbonyl (C=O) groups is 1. The summed E-state index contributed by atoms with van der Waals surface area (Å²) in [5, 5.41) is 2.86. The van der Waals surface area contributed by atoms with E-state index < -0.39 is 6.10 Å². The van der Waals surface area contributed by atoms with Crippen molar-refractivity contribution >= 4 is 21.8 Å². The molecule has 0 aliphatic rings. The van der Waals surface area contributed by atoms with Crippen LogP contribution in [0.4, 0.5) is 0 Å². The number of carbonyl (C=O) groups excluding carboxylic acids is 1. The average Bonchev–Trinajstić information content (AvgIpc) is 2.61. The first-order chi connectivity index (χ1) is 11.9. The largest absolute Gasteiger partial charge is 0.497 e. The minimum absolute atomic E-state index is 0.211. The van der Waals surface area contributed by atoms with Gasteiger partial charge in [0.2, 0.25) is 0 Å². The predicted octanol–water partition coefficient (Wildman–Crippen LogP) is 3.86. The van der Waals surface area contributed by atoms with Gasteiger partial charge in [-0.05, 0) is 65.7 Å². The Bertz CT molecular complexity index is 748. The lowest BCUT2D eigenvalue weighted by Crippen LogP contribution is -2.36. The normalized spacial score (nSPS) is 11.6. The van der Waals surface area contributed by atoms with Gasteiger partial charge in [-0.25, -0.2) is 0 Å². The van der Waals surface area contributed by atoms with Crippen LogP contribution in [0.25, 0.3) is 0 Å². The third-order valence-electron chi connectivity index (χ3n) is 3.70. The van der Waals surface area contributed by atoms with Crippen LogP contribution >= 0.6 is 15.9 Å². The Morgan fingerprint density at radius 2 is 1.84 bits per heavy atom.